The first-order valence-corrected chi connectivity index (χ1v) is 6.74. The van der Waals surface area contributed by atoms with E-state index in [0.29, 0.717) is 18.7 Å². The van der Waals surface area contributed by atoms with E-state index in [1.807, 2.05) is 6.07 Å². The third-order valence-corrected chi connectivity index (χ3v) is 3.63. The number of ether oxygens (including phenoxy) is 1. The molecule has 1 atom stereocenters. The minimum atomic E-state index is -0.589. The summed E-state index contributed by atoms with van der Waals surface area (Å²) in [6.45, 7) is 1.06. The average molecular weight is 288 g/mol. The molecule has 1 fully saturated rings. The molecule has 1 aliphatic rings. The van der Waals surface area contributed by atoms with Crippen LogP contribution in [0.5, 0.6) is 0 Å². The van der Waals surface area contributed by atoms with E-state index >= 15 is 0 Å². The molecule has 2 N–H and O–H groups in total. The van der Waals surface area contributed by atoms with Crippen molar-refractivity contribution in [2.45, 2.75) is 6.04 Å². The van der Waals surface area contributed by atoms with Gasteiger partial charge in [-0.1, -0.05) is 6.07 Å². The van der Waals surface area contributed by atoms with Gasteiger partial charge in [-0.25, -0.2) is 0 Å². The number of nitrogens with zero attached hydrogens (tertiary/aromatic N) is 2. The van der Waals surface area contributed by atoms with Crippen LogP contribution in [-0.4, -0.2) is 59.8 Å². The average Bonchev–Trinajstić information content (AvgIpc) is 3.01. The Kier molecular flexibility index (Phi) is 3.57. The van der Waals surface area contributed by atoms with Crippen LogP contribution in [0.1, 0.15) is 10.4 Å². The Morgan fingerprint density at radius 3 is 3.14 bits per heavy atom. The van der Waals surface area contributed by atoms with Crippen molar-refractivity contribution in [1.82, 2.24) is 20.4 Å². The third kappa shape index (κ3) is 2.47. The number of aromatic nitrogens is 2. The summed E-state index contributed by atoms with van der Waals surface area (Å²) in [5.41, 5.74) is 1.33. The number of benzene rings is 1. The molecular weight excluding hydrogens is 272 g/mol. The third-order valence-electron chi connectivity index (χ3n) is 3.63. The zero-order valence-electron chi connectivity index (χ0n) is 11.6. The maximum absolute atomic E-state index is 12.7. The Morgan fingerprint density at radius 2 is 2.33 bits per heavy atom. The Labute approximate surface area is 121 Å². The van der Waals surface area contributed by atoms with Crippen LogP contribution in [0.4, 0.5) is 0 Å². The number of carbonyl (C=O) groups is 2. The van der Waals surface area contributed by atoms with Gasteiger partial charge in [0, 0.05) is 24.5 Å². The molecule has 7 nitrogen and oxygen atoms in total. The summed E-state index contributed by atoms with van der Waals surface area (Å²) in [7, 11) is 1.55. The number of aromatic amines is 1. The molecule has 0 radical (unpaired) electrons. The van der Waals surface area contributed by atoms with E-state index < -0.39 is 6.04 Å². The molecule has 2 heterocycles. The molecule has 0 bridgehead atoms. The summed E-state index contributed by atoms with van der Waals surface area (Å²) in [4.78, 5) is 26.1. The number of likely N-dealkylation sites (N-methyl/N-ethyl adjacent to an activating group) is 1. The van der Waals surface area contributed by atoms with Crippen molar-refractivity contribution >= 4 is 22.7 Å². The predicted molar refractivity (Wildman–Crippen MR) is 75.8 cm³/mol. The van der Waals surface area contributed by atoms with Gasteiger partial charge in [0.1, 0.15) is 6.04 Å². The van der Waals surface area contributed by atoms with Crippen molar-refractivity contribution < 1.29 is 14.3 Å². The first-order valence-electron chi connectivity index (χ1n) is 6.74. The Balaban J connectivity index is 1.89. The van der Waals surface area contributed by atoms with Gasteiger partial charge in [-0.05, 0) is 12.1 Å². The number of nitrogens with one attached hydrogen (secondary N) is 2. The van der Waals surface area contributed by atoms with Crippen LogP contribution in [0.2, 0.25) is 0 Å². The summed E-state index contributed by atoms with van der Waals surface area (Å²) >= 11 is 0. The second-order valence-corrected chi connectivity index (χ2v) is 4.88. The summed E-state index contributed by atoms with van der Waals surface area (Å²) in [6, 6.07) is 4.74. The number of carbonyl (C=O) groups excluding carboxylic acids is 2. The Morgan fingerprint density at radius 1 is 1.48 bits per heavy atom. The fourth-order valence-corrected chi connectivity index (χ4v) is 2.47. The molecule has 2 amide bonds. The molecule has 0 aliphatic carbocycles. The zero-order valence-corrected chi connectivity index (χ0v) is 11.6. The summed E-state index contributed by atoms with van der Waals surface area (Å²) < 4.78 is 5.31. The highest BCUT2D eigenvalue weighted by atomic mass is 16.5. The van der Waals surface area contributed by atoms with Crippen LogP contribution >= 0.6 is 0 Å². The number of hydrogen-bond acceptors (Lipinski definition) is 4. The van der Waals surface area contributed by atoms with Gasteiger partial charge in [0.25, 0.3) is 5.91 Å². The maximum Gasteiger partial charge on any atom is 0.254 e. The number of rotatable bonds is 2. The highest BCUT2D eigenvalue weighted by molar-refractivity contribution is 6.00. The molecular formula is C14H16N4O3. The van der Waals surface area contributed by atoms with Crippen LogP contribution in [0.25, 0.3) is 10.9 Å². The fraction of sp³-hybridized carbons (Fsp3) is 0.357. The van der Waals surface area contributed by atoms with Gasteiger partial charge < -0.3 is 15.0 Å². The standard InChI is InChI=1S/C14H16N4O3/c1-15-13(19)12-8-21-5-4-18(12)14(20)9-2-3-10-7-16-17-11(10)6-9/h2-3,6-7,12H,4-5,8H2,1H3,(H,15,19)(H,16,17). The Bertz CT molecular complexity index is 682. The van der Waals surface area contributed by atoms with Gasteiger partial charge >= 0.3 is 0 Å². The molecule has 3 rings (SSSR count). The van der Waals surface area contributed by atoms with E-state index in [4.69, 9.17) is 4.74 Å². The molecule has 21 heavy (non-hydrogen) atoms. The number of hydrogen-bond donors (Lipinski definition) is 2. The maximum atomic E-state index is 12.7. The molecule has 1 aliphatic heterocycles. The van der Waals surface area contributed by atoms with Crippen LogP contribution in [-0.2, 0) is 9.53 Å². The molecule has 1 saturated heterocycles. The van der Waals surface area contributed by atoms with Gasteiger partial charge in [0.2, 0.25) is 5.91 Å². The van der Waals surface area contributed by atoms with Gasteiger partial charge in [-0.3, -0.25) is 14.7 Å². The van der Waals surface area contributed by atoms with E-state index in [1.54, 1.807) is 30.3 Å². The highest BCUT2D eigenvalue weighted by Crippen LogP contribution is 2.17. The highest BCUT2D eigenvalue weighted by Gasteiger charge is 2.32. The van der Waals surface area contributed by atoms with Crippen molar-refractivity contribution in [2.75, 3.05) is 26.8 Å². The SMILES string of the molecule is CNC(=O)C1COCCN1C(=O)c1ccc2cn[nH]c2c1. The molecule has 0 spiro atoms. The van der Waals surface area contributed by atoms with Gasteiger partial charge in [0.15, 0.2) is 0 Å². The molecule has 2 aromatic rings. The lowest BCUT2D eigenvalue weighted by Crippen LogP contribution is -2.55. The van der Waals surface area contributed by atoms with E-state index in [2.05, 4.69) is 15.5 Å². The van der Waals surface area contributed by atoms with Crippen LogP contribution in [0.3, 0.4) is 0 Å². The number of amides is 2. The minimum Gasteiger partial charge on any atom is -0.377 e. The van der Waals surface area contributed by atoms with Gasteiger partial charge in [-0.15, -0.1) is 0 Å². The van der Waals surface area contributed by atoms with Gasteiger partial charge in [-0.2, -0.15) is 5.10 Å². The molecule has 0 saturated carbocycles. The quantitative estimate of drug-likeness (QED) is 0.823. The molecule has 1 unspecified atom stereocenters. The van der Waals surface area contributed by atoms with E-state index in [0.717, 1.165) is 10.9 Å². The normalized spacial score (nSPS) is 18.7. The lowest BCUT2D eigenvalue weighted by molar-refractivity contribution is -0.130. The monoisotopic (exact) mass is 288 g/mol. The van der Waals surface area contributed by atoms with Gasteiger partial charge in [0.05, 0.1) is 24.9 Å². The lowest BCUT2D eigenvalue weighted by Gasteiger charge is -2.34. The predicted octanol–water partition coefficient (Wildman–Crippen LogP) is 0.150. The number of morpholine rings is 1. The lowest BCUT2D eigenvalue weighted by atomic mass is 10.1. The number of fused-ring (bicyclic) bond motifs is 1. The topological polar surface area (TPSA) is 87.3 Å². The van der Waals surface area contributed by atoms with Crippen molar-refractivity contribution in [2.24, 2.45) is 0 Å². The van der Waals surface area contributed by atoms with Crippen molar-refractivity contribution in [3.8, 4) is 0 Å². The fourth-order valence-electron chi connectivity index (χ4n) is 2.47. The van der Waals surface area contributed by atoms with Crippen molar-refractivity contribution in [1.29, 1.82) is 0 Å². The zero-order chi connectivity index (χ0) is 14.8. The molecule has 1 aromatic heterocycles. The van der Waals surface area contributed by atoms with Crippen molar-refractivity contribution in [3.05, 3.63) is 30.0 Å². The number of H-pyrrole nitrogens is 1. The van der Waals surface area contributed by atoms with Crippen LogP contribution in [0, 0.1) is 0 Å². The van der Waals surface area contributed by atoms with Crippen LogP contribution < -0.4 is 5.32 Å². The van der Waals surface area contributed by atoms with Crippen molar-refractivity contribution in [3.63, 3.8) is 0 Å². The van der Waals surface area contributed by atoms with Crippen LogP contribution in [0.15, 0.2) is 24.4 Å². The summed E-state index contributed by atoms with van der Waals surface area (Å²) in [6.07, 6.45) is 1.70. The summed E-state index contributed by atoms with van der Waals surface area (Å²) in [5, 5.41) is 10.3. The first-order chi connectivity index (χ1) is 10.2. The molecule has 1 aromatic carbocycles. The van der Waals surface area contributed by atoms with E-state index in [-0.39, 0.29) is 18.4 Å². The van der Waals surface area contributed by atoms with E-state index in [9.17, 15) is 9.59 Å². The summed E-state index contributed by atoms with van der Waals surface area (Å²) in [5.74, 6) is -0.394. The Hall–Kier alpha value is -2.41. The first kappa shape index (κ1) is 13.6. The second kappa shape index (κ2) is 5.53. The molecule has 110 valence electrons. The second-order valence-electron chi connectivity index (χ2n) is 4.88. The molecule has 7 heteroatoms. The largest absolute Gasteiger partial charge is 0.377 e. The van der Waals surface area contributed by atoms with E-state index in [1.165, 1.54) is 0 Å². The minimum absolute atomic E-state index is 0.177. The smallest absolute Gasteiger partial charge is 0.254 e.